The first-order valence-electron chi connectivity index (χ1n) is 7.63. The maximum atomic E-state index is 12.1. The fourth-order valence-corrected chi connectivity index (χ4v) is 2.85. The van der Waals surface area contributed by atoms with Gasteiger partial charge in [-0.15, -0.1) is 0 Å². The van der Waals surface area contributed by atoms with Gasteiger partial charge in [-0.1, -0.05) is 35.9 Å². The molecule has 2 aromatic carbocycles. The van der Waals surface area contributed by atoms with Crippen molar-refractivity contribution in [3.8, 4) is 11.5 Å². The zero-order valence-corrected chi connectivity index (χ0v) is 14.0. The van der Waals surface area contributed by atoms with E-state index in [1.54, 1.807) is 6.07 Å². The van der Waals surface area contributed by atoms with Gasteiger partial charge in [0.15, 0.2) is 11.5 Å². The molecule has 0 spiro atoms. The number of hydrogen-bond acceptors (Lipinski definition) is 5. The van der Waals surface area contributed by atoms with Crippen LogP contribution in [-0.2, 0) is 16.0 Å². The Kier molecular flexibility index (Phi) is 5.23. The van der Waals surface area contributed by atoms with E-state index in [9.17, 15) is 4.79 Å². The third kappa shape index (κ3) is 3.63. The lowest BCUT2D eigenvalue weighted by Gasteiger charge is -2.18. The van der Waals surface area contributed by atoms with Gasteiger partial charge in [0.05, 0.1) is 7.11 Å². The lowest BCUT2D eigenvalue weighted by molar-refractivity contribution is -0.143. The smallest absolute Gasteiger partial charge is 0.327 e. The number of carbonyl (C=O) groups is 1. The van der Waals surface area contributed by atoms with Crippen molar-refractivity contribution in [2.45, 2.75) is 12.5 Å². The average molecular weight is 348 g/mol. The number of ether oxygens (including phenoxy) is 3. The predicted octanol–water partition coefficient (Wildman–Crippen LogP) is 3.12. The summed E-state index contributed by atoms with van der Waals surface area (Å²) < 4.78 is 15.6. The number of halogens is 1. The normalized spacial score (nSPS) is 13.6. The molecule has 1 aliphatic rings. The summed E-state index contributed by atoms with van der Waals surface area (Å²) in [4.78, 5) is 12.1. The summed E-state index contributed by atoms with van der Waals surface area (Å²) >= 11 is 6.20. The van der Waals surface area contributed by atoms with Crippen molar-refractivity contribution in [3.05, 3.63) is 58.6 Å². The van der Waals surface area contributed by atoms with Crippen molar-refractivity contribution in [1.82, 2.24) is 5.32 Å². The van der Waals surface area contributed by atoms with Crippen molar-refractivity contribution >= 4 is 17.6 Å². The standard InChI is InChI=1S/C18H18ClNO4/c1-22-18(21)17(13-4-2-3-5-14(13)19)20-9-8-12-6-7-15-16(10-12)24-11-23-15/h2-7,10,17,20H,8-9,11H2,1H3. The number of carbonyl (C=O) groups excluding carboxylic acids is 1. The molecule has 24 heavy (non-hydrogen) atoms. The van der Waals surface area contributed by atoms with E-state index < -0.39 is 6.04 Å². The number of nitrogens with one attached hydrogen (secondary N) is 1. The largest absolute Gasteiger partial charge is 0.468 e. The van der Waals surface area contributed by atoms with Gasteiger partial charge < -0.3 is 19.5 Å². The molecule has 1 atom stereocenters. The highest BCUT2D eigenvalue weighted by Crippen LogP contribution is 2.32. The molecule has 6 heteroatoms. The highest BCUT2D eigenvalue weighted by molar-refractivity contribution is 6.31. The van der Waals surface area contributed by atoms with Crippen LogP contribution in [0.25, 0.3) is 0 Å². The second-order valence-corrected chi connectivity index (χ2v) is 5.78. The highest BCUT2D eigenvalue weighted by atomic mass is 35.5. The molecule has 126 valence electrons. The van der Waals surface area contributed by atoms with E-state index in [1.165, 1.54) is 7.11 Å². The Morgan fingerprint density at radius 3 is 2.83 bits per heavy atom. The molecule has 0 bridgehead atoms. The SMILES string of the molecule is COC(=O)C(NCCc1ccc2c(c1)OCO2)c1ccccc1Cl. The summed E-state index contributed by atoms with van der Waals surface area (Å²) in [6.45, 7) is 0.846. The van der Waals surface area contributed by atoms with E-state index in [0.717, 1.165) is 23.5 Å². The van der Waals surface area contributed by atoms with Crippen LogP contribution in [0.1, 0.15) is 17.2 Å². The zero-order chi connectivity index (χ0) is 16.9. The van der Waals surface area contributed by atoms with Crippen LogP contribution >= 0.6 is 11.6 Å². The van der Waals surface area contributed by atoms with E-state index >= 15 is 0 Å². The summed E-state index contributed by atoms with van der Waals surface area (Å²) in [5, 5.41) is 3.74. The van der Waals surface area contributed by atoms with E-state index in [1.807, 2.05) is 36.4 Å². The lowest BCUT2D eigenvalue weighted by atomic mass is 10.1. The van der Waals surface area contributed by atoms with Crippen LogP contribution in [-0.4, -0.2) is 26.4 Å². The molecule has 0 fully saturated rings. The molecular formula is C18H18ClNO4. The minimum Gasteiger partial charge on any atom is -0.468 e. The Labute approximate surface area is 145 Å². The Morgan fingerprint density at radius 1 is 1.25 bits per heavy atom. The molecule has 0 aliphatic carbocycles. The summed E-state index contributed by atoms with van der Waals surface area (Å²) in [6, 6.07) is 12.5. The van der Waals surface area contributed by atoms with Gasteiger partial charge in [0.1, 0.15) is 6.04 Å². The van der Waals surface area contributed by atoms with Gasteiger partial charge in [0, 0.05) is 11.6 Å². The minimum absolute atomic E-state index is 0.258. The molecule has 0 aromatic heterocycles. The van der Waals surface area contributed by atoms with Gasteiger partial charge in [0.2, 0.25) is 6.79 Å². The van der Waals surface area contributed by atoms with Crippen molar-refractivity contribution in [1.29, 1.82) is 0 Å². The number of rotatable bonds is 6. The van der Waals surface area contributed by atoms with Crippen LogP contribution < -0.4 is 14.8 Å². The van der Waals surface area contributed by atoms with E-state index in [-0.39, 0.29) is 12.8 Å². The van der Waals surface area contributed by atoms with Crippen LogP contribution in [0.4, 0.5) is 0 Å². The van der Waals surface area contributed by atoms with Crippen LogP contribution in [0.5, 0.6) is 11.5 Å². The van der Waals surface area contributed by atoms with E-state index in [4.69, 9.17) is 25.8 Å². The predicted molar refractivity (Wildman–Crippen MR) is 90.5 cm³/mol. The molecule has 1 N–H and O–H groups in total. The van der Waals surface area contributed by atoms with Gasteiger partial charge in [0.25, 0.3) is 0 Å². The Balaban J connectivity index is 1.66. The molecule has 1 heterocycles. The van der Waals surface area contributed by atoms with Gasteiger partial charge in [-0.2, -0.15) is 0 Å². The quantitative estimate of drug-likeness (QED) is 0.814. The average Bonchev–Trinajstić information content (AvgIpc) is 3.07. The molecule has 0 saturated heterocycles. The first-order chi connectivity index (χ1) is 11.7. The van der Waals surface area contributed by atoms with Crippen LogP contribution in [0.3, 0.4) is 0 Å². The molecule has 1 aliphatic heterocycles. The third-order valence-electron chi connectivity index (χ3n) is 3.85. The summed E-state index contributed by atoms with van der Waals surface area (Å²) in [7, 11) is 1.37. The first kappa shape index (κ1) is 16.6. The third-order valence-corrected chi connectivity index (χ3v) is 4.20. The number of methoxy groups -OCH3 is 1. The van der Waals surface area contributed by atoms with Crippen LogP contribution in [0.2, 0.25) is 5.02 Å². The number of esters is 1. The van der Waals surface area contributed by atoms with E-state index in [2.05, 4.69) is 5.32 Å². The van der Waals surface area contributed by atoms with Crippen LogP contribution in [0.15, 0.2) is 42.5 Å². The van der Waals surface area contributed by atoms with Crippen molar-refractivity contribution in [2.75, 3.05) is 20.4 Å². The molecule has 3 rings (SSSR count). The fraction of sp³-hybridized carbons (Fsp3) is 0.278. The molecule has 2 aromatic rings. The van der Waals surface area contributed by atoms with E-state index in [0.29, 0.717) is 17.1 Å². The second-order valence-electron chi connectivity index (χ2n) is 5.37. The van der Waals surface area contributed by atoms with Crippen molar-refractivity contribution < 1.29 is 19.0 Å². The minimum atomic E-state index is -0.599. The highest BCUT2D eigenvalue weighted by Gasteiger charge is 2.23. The number of benzene rings is 2. The van der Waals surface area contributed by atoms with Crippen LogP contribution in [0, 0.1) is 0 Å². The molecule has 0 amide bonds. The Hall–Kier alpha value is -2.24. The number of fused-ring (bicyclic) bond motifs is 1. The van der Waals surface area contributed by atoms with Crippen molar-refractivity contribution in [2.24, 2.45) is 0 Å². The Bertz CT molecular complexity index is 735. The molecule has 5 nitrogen and oxygen atoms in total. The monoisotopic (exact) mass is 347 g/mol. The molecule has 0 saturated carbocycles. The van der Waals surface area contributed by atoms with Gasteiger partial charge in [-0.3, -0.25) is 0 Å². The maximum Gasteiger partial charge on any atom is 0.327 e. The second kappa shape index (κ2) is 7.55. The van der Waals surface area contributed by atoms with Gasteiger partial charge >= 0.3 is 5.97 Å². The summed E-state index contributed by atoms with van der Waals surface area (Å²) in [6.07, 6.45) is 0.731. The maximum absolute atomic E-state index is 12.1. The molecular weight excluding hydrogens is 330 g/mol. The van der Waals surface area contributed by atoms with Gasteiger partial charge in [-0.05, 0) is 35.7 Å². The van der Waals surface area contributed by atoms with Gasteiger partial charge in [-0.25, -0.2) is 4.79 Å². The number of hydrogen-bond donors (Lipinski definition) is 1. The first-order valence-corrected chi connectivity index (χ1v) is 8.01. The van der Waals surface area contributed by atoms with Crippen molar-refractivity contribution in [3.63, 3.8) is 0 Å². The zero-order valence-electron chi connectivity index (χ0n) is 13.3. The Morgan fingerprint density at radius 2 is 2.04 bits per heavy atom. The fourth-order valence-electron chi connectivity index (χ4n) is 2.60. The molecule has 0 radical (unpaired) electrons. The lowest BCUT2D eigenvalue weighted by Crippen LogP contribution is -2.31. The summed E-state index contributed by atoms with van der Waals surface area (Å²) in [5.74, 6) is 1.15. The summed E-state index contributed by atoms with van der Waals surface area (Å²) in [5.41, 5.74) is 1.80. The molecule has 1 unspecified atom stereocenters. The topological polar surface area (TPSA) is 56.8 Å².